The Labute approximate surface area is 99.0 Å². The molecule has 1 aliphatic rings. The maximum absolute atomic E-state index is 5.03. The van der Waals surface area contributed by atoms with E-state index in [4.69, 9.17) is 4.42 Å². The molecule has 0 radical (unpaired) electrons. The van der Waals surface area contributed by atoms with Gasteiger partial charge >= 0.3 is 0 Å². The van der Waals surface area contributed by atoms with Gasteiger partial charge in [0.25, 0.3) is 0 Å². The average molecular weight is 233 g/mol. The van der Waals surface area contributed by atoms with E-state index in [2.05, 4.69) is 32.3 Å². The molecule has 1 atom stereocenters. The Morgan fingerprint density at radius 2 is 2.47 bits per heavy atom. The van der Waals surface area contributed by atoms with E-state index in [1.54, 1.807) is 12.5 Å². The number of hydrogen-bond acceptors (Lipinski definition) is 5. The summed E-state index contributed by atoms with van der Waals surface area (Å²) in [5.74, 6) is 1.51. The summed E-state index contributed by atoms with van der Waals surface area (Å²) in [7, 11) is 0. The summed E-state index contributed by atoms with van der Waals surface area (Å²) in [4.78, 5) is 6.66. The molecule has 2 N–H and O–H groups in total. The Hall–Kier alpha value is -1.82. The van der Waals surface area contributed by atoms with Crippen LogP contribution in [0.2, 0.25) is 0 Å². The molecule has 3 rings (SSSR count). The topological polar surface area (TPSA) is 70.0 Å². The predicted molar refractivity (Wildman–Crippen MR) is 63.8 cm³/mol. The van der Waals surface area contributed by atoms with Crippen LogP contribution in [0, 0.1) is 0 Å². The summed E-state index contributed by atoms with van der Waals surface area (Å²) in [6, 6.07) is 2.34. The number of aromatic nitrogens is 3. The minimum Gasteiger partial charge on any atom is -0.472 e. The maximum Gasteiger partial charge on any atom is 0.245 e. The summed E-state index contributed by atoms with van der Waals surface area (Å²) in [6.45, 7) is 5.00. The molecule has 6 nitrogen and oxygen atoms in total. The molecule has 6 heteroatoms. The van der Waals surface area contributed by atoms with Crippen LogP contribution in [0.5, 0.6) is 0 Å². The molecule has 0 amide bonds. The first-order valence-corrected chi connectivity index (χ1v) is 5.76. The Kier molecular flexibility index (Phi) is 2.56. The van der Waals surface area contributed by atoms with Gasteiger partial charge in [-0.25, -0.2) is 0 Å². The van der Waals surface area contributed by atoms with Crippen molar-refractivity contribution in [1.29, 1.82) is 0 Å². The zero-order chi connectivity index (χ0) is 11.7. The first-order chi connectivity index (χ1) is 8.33. The standard InChI is InChI=1S/C11H15N5O/c1-8-6-16(4-3-12-8)11-13-10(14-15-11)9-2-5-17-7-9/h2,5,7-8,12H,3-4,6H2,1H3,(H,13,14,15)/t8-/m0/s1. The van der Waals surface area contributed by atoms with E-state index in [1.165, 1.54) is 0 Å². The summed E-state index contributed by atoms with van der Waals surface area (Å²) in [5.41, 5.74) is 0.923. The van der Waals surface area contributed by atoms with Crippen LogP contribution in [0.3, 0.4) is 0 Å². The SMILES string of the molecule is C[C@H]1CN(c2n[nH]c(-c3ccoc3)n2)CCN1. The highest BCUT2D eigenvalue weighted by atomic mass is 16.3. The van der Waals surface area contributed by atoms with Gasteiger partial charge in [-0.1, -0.05) is 0 Å². The van der Waals surface area contributed by atoms with Crippen molar-refractivity contribution in [1.82, 2.24) is 20.5 Å². The molecule has 0 bridgehead atoms. The Balaban J connectivity index is 1.80. The van der Waals surface area contributed by atoms with E-state index in [9.17, 15) is 0 Å². The van der Waals surface area contributed by atoms with Gasteiger partial charge in [0, 0.05) is 25.7 Å². The summed E-state index contributed by atoms with van der Waals surface area (Å²) < 4.78 is 5.03. The van der Waals surface area contributed by atoms with E-state index in [-0.39, 0.29) is 0 Å². The second-order valence-corrected chi connectivity index (χ2v) is 4.30. The first-order valence-electron chi connectivity index (χ1n) is 5.76. The molecule has 0 unspecified atom stereocenters. The number of nitrogens with one attached hydrogen (secondary N) is 2. The van der Waals surface area contributed by atoms with Gasteiger partial charge in [-0.2, -0.15) is 4.98 Å². The molecule has 2 aromatic rings. The van der Waals surface area contributed by atoms with E-state index < -0.39 is 0 Å². The number of hydrogen-bond donors (Lipinski definition) is 2. The normalized spacial score (nSPS) is 20.8. The van der Waals surface area contributed by atoms with Crippen molar-refractivity contribution >= 4 is 5.95 Å². The molecule has 0 aromatic carbocycles. The zero-order valence-electron chi connectivity index (χ0n) is 9.68. The van der Waals surface area contributed by atoms with Crippen LogP contribution < -0.4 is 10.2 Å². The molecular formula is C11H15N5O. The quantitative estimate of drug-likeness (QED) is 0.805. The number of nitrogens with zero attached hydrogens (tertiary/aromatic N) is 3. The molecule has 1 saturated heterocycles. The van der Waals surface area contributed by atoms with E-state index in [0.717, 1.165) is 37.0 Å². The largest absolute Gasteiger partial charge is 0.472 e. The molecule has 2 aromatic heterocycles. The molecule has 0 aliphatic carbocycles. The number of furan rings is 1. The van der Waals surface area contributed by atoms with Gasteiger partial charge in [0.1, 0.15) is 6.26 Å². The van der Waals surface area contributed by atoms with E-state index in [1.807, 2.05) is 6.07 Å². The van der Waals surface area contributed by atoms with Gasteiger partial charge < -0.3 is 14.6 Å². The number of rotatable bonds is 2. The molecule has 17 heavy (non-hydrogen) atoms. The number of H-pyrrole nitrogens is 1. The lowest BCUT2D eigenvalue weighted by atomic mass is 10.2. The summed E-state index contributed by atoms with van der Waals surface area (Å²) >= 11 is 0. The molecule has 0 saturated carbocycles. The smallest absolute Gasteiger partial charge is 0.245 e. The van der Waals surface area contributed by atoms with Crippen LogP contribution in [0.15, 0.2) is 23.0 Å². The van der Waals surface area contributed by atoms with Gasteiger partial charge in [-0.3, -0.25) is 5.10 Å². The average Bonchev–Trinajstić information content (AvgIpc) is 3.00. The van der Waals surface area contributed by atoms with Gasteiger partial charge in [-0.05, 0) is 13.0 Å². The lowest BCUT2D eigenvalue weighted by Gasteiger charge is -2.30. The van der Waals surface area contributed by atoms with E-state index >= 15 is 0 Å². The molecular weight excluding hydrogens is 218 g/mol. The van der Waals surface area contributed by atoms with Gasteiger partial charge in [0.2, 0.25) is 5.95 Å². The molecule has 90 valence electrons. The van der Waals surface area contributed by atoms with E-state index in [0.29, 0.717) is 6.04 Å². The van der Waals surface area contributed by atoms with Crippen LogP contribution in [-0.4, -0.2) is 40.9 Å². The van der Waals surface area contributed by atoms with Crippen LogP contribution in [-0.2, 0) is 0 Å². The third kappa shape index (κ3) is 2.03. The minimum atomic E-state index is 0.472. The van der Waals surface area contributed by atoms with Crippen molar-refractivity contribution in [2.45, 2.75) is 13.0 Å². The molecule has 3 heterocycles. The van der Waals surface area contributed by atoms with Crippen molar-refractivity contribution in [3.8, 4) is 11.4 Å². The Morgan fingerprint density at radius 3 is 3.24 bits per heavy atom. The fourth-order valence-corrected chi connectivity index (χ4v) is 2.04. The van der Waals surface area contributed by atoms with Crippen LogP contribution in [0.25, 0.3) is 11.4 Å². The van der Waals surface area contributed by atoms with Crippen LogP contribution >= 0.6 is 0 Å². The third-order valence-electron chi connectivity index (χ3n) is 2.92. The summed E-state index contributed by atoms with van der Waals surface area (Å²) in [6.07, 6.45) is 3.29. The van der Waals surface area contributed by atoms with Gasteiger partial charge in [0.05, 0.1) is 11.8 Å². The minimum absolute atomic E-state index is 0.472. The van der Waals surface area contributed by atoms with Crippen molar-refractivity contribution in [3.63, 3.8) is 0 Å². The van der Waals surface area contributed by atoms with Crippen molar-refractivity contribution in [2.24, 2.45) is 0 Å². The summed E-state index contributed by atoms with van der Waals surface area (Å²) in [5, 5.41) is 10.6. The van der Waals surface area contributed by atoms with Crippen LogP contribution in [0.1, 0.15) is 6.92 Å². The van der Waals surface area contributed by atoms with Crippen molar-refractivity contribution in [2.75, 3.05) is 24.5 Å². The predicted octanol–water partition coefficient (Wildman–Crippen LogP) is 0.863. The molecule has 1 aliphatic heterocycles. The van der Waals surface area contributed by atoms with Gasteiger partial charge in [0.15, 0.2) is 5.82 Å². The lowest BCUT2D eigenvalue weighted by Crippen LogP contribution is -2.49. The van der Waals surface area contributed by atoms with Crippen molar-refractivity contribution < 1.29 is 4.42 Å². The van der Waals surface area contributed by atoms with Crippen molar-refractivity contribution in [3.05, 3.63) is 18.6 Å². The fraction of sp³-hybridized carbons (Fsp3) is 0.455. The second kappa shape index (κ2) is 4.21. The van der Waals surface area contributed by atoms with Crippen LogP contribution in [0.4, 0.5) is 5.95 Å². The second-order valence-electron chi connectivity index (χ2n) is 4.30. The highest BCUT2D eigenvalue weighted by Gasteiger charge is 2.19. The Morgan fingerprint density at radius 1 is 1.53 bits per heavy atom. The van der Waals surface area contributed by atoms with Gasteiger partial charge in [-0.15, -0.1) is 5.10 Å². The Bertz CT molecular complexity index is 478. The number of aromatic amines is 1. The third-order valence-corrected chi connectivity index (χ3v) is 2.92. The highest BCUT2D eigenvalue weighted by molar-refractivity contribution is 5.54. The number of anilines is 1. The molecule has 1 fully saturated rings. The monoisotopic (exact) mass is 233 g/mol. The highest BCUT2D eigenvalue weighted by Crippen LogP contribution is 2.18. The maximum atomic E-state index is 5.03. The lowest BCUT2D eigenvalue weighted by molar-refractivity contribution is 0.480. The first kappa shape index (κ1) is 10.3. The molecule has 0 spiro atoms. The fourth-order valence-electron chi connectivity index (χ4n) is 2.04. The number of piperazine rings is 1. The zero-order valence-corrected chi connectivity index (χ0v) is 9.68.